The summed E-state index contributed by atoms with van der Waals surface area (Å²) < 4.78 is 1.72. The number of benzene rings is 2. The van der Waals surface area contributed by atoms with Crippen LogP contribution in [-0.4, -0.2) is 25.7 Å². The smallest absolute Gasteiger partial charge is 0.270 e. The molecule has 2 N–H and O–H groups in total. The Balaban J connectivity index is 1.49. The summed E-state index contributed by atoms with van der Waals surface area (Å²) in [5, 5.41) is 7.14. The van der Waals surface area contributed by atoms with E-state index in [1.165, 1.54) is 0 Å². The summed E-state index contributed by atoms with van der Waals surface area (Å²) in [5.74, 6) is -0.195. The third-order valence-electron chi connectivity index (χ3n) is 4.52. The Hall–Kier alpha value is -3.74. The van der Waals surface area contributed by atoms with E-state index in [0.29, 0.717) is 22.4 Å². The lowest BCUT2D eigenvalue weighted by Crippen LogP contribution is -2.19. The van der Waals surface area contributed by atoms with Gasteiger partial charge in [-0.05, 0) is 12.1 Å². The van der Waals surface area contributed by atoms with E-state index in [4.69, 9.17) is 0 Å². The van der Waals surface area contributed by atoms with Crippen LogP contribution < -0.4 is 10.9 Å². The van der Waals surface area contributed by atoms with Crippen molar-refractivity contribution in [1.29, 1.82) is 0 Å². The molecule has 2 aromatic carbocycles. The van der Waals surface area contributed by atoms with E-state index in [0.717, 1.165) is 11.3 Å². The van der Waals surface area contributed by atoms with Crippen LogP contribution in [0.15, 0.2) is 65.6 Å². The highest BCUT2D eigenvalue weighted by Crippen LogP contribution is 2.27. The molecule has 2 aromatic heterocycles. The first-order valence-electron chi connectivity index (χ1n) is 8.97. The predicted octanol–water partition coefficient (Wildman–Crippen LogP) is 2.89. The molecule has 0 aliphatic rings. The van der Waals surface area contributed by atoms with Gasteiger partial charge in [0.05, 0.1) is 28.6 Å². The van der Waals surface area contributed by atoms with E-state index in [2.05, 4.69) is 20.4 Å². The monoisotopic (exact) mass is 373 g/mol. The van der Waals surface area contributed by atoms with Gasteiger partial charge < -0.3 is 10.3 Å². The number of carbonyl (C=O) groups is 1. The number of hydrogen-bond donors (Lipinski definition) is 2. The molecule has 0 bridgehead atoms. The molecule has 0 fully saturated rings. The number of amides is 1. The van der Waals surface area contributed by atoms with Crippen molar-refractivity contribution in [3.63, 3.8) is 0 Å². The normalized spacial score (nSPS) is 10.9. The molecule has 0 saturated heterocycles. The predicted molar refractivity (Wildman–Crippen MR) is 108 cm³/mol. The number of para-hydroxylation sites is 2. The number of H-pyrrole nitrogens is 1. The Morgan fingerprint density at radius 2 is 1.86 bits per heavy atom. The van der Waals surface area contributed by atoms with E-state index < -0.39 is 0 Å². The van der Waals surface area contributed by atoms with Gasteiger partial charge in [-0.15, -0.1) is 0 Å². The molecule has 0 spiro atoms. The minimum Gasteiger partial charge on any atom is -0.323 e. The van der Waals surface area contributed by atoms with Crippen molar-refractivity contribution in [2.75, 3.05) is 5.32 Å². The molecule has 0 radical (unpaired) electrons. The Kier molecular flexibility index (Phi) is 4.72. The SMILES string of the molecule is Cn1ncc(NC(=O)CCc2nc3ccccc3[nH]c2=O)c1-c1ccccc1. The maximum absolute atomic E-state index is 12.5. The average Bonchev–Trinajstić information content (AvgIpc) is 3.07. The minimum absolute atomic E-state index is 0.150. The first-order chi connectivity index (χ1) is 13.6. The van der Waals surface area contributed by atoms with Crippen molar-refractivity contribution in [2.45, 2.75) is 12.8 Å². The van der Waals surface area contributed by atoms with Crippen molar-refractivity contribution in [3.8, 4) is 11.3 Å². The zero-order chi connectivity index (χ0) is 19.5. The quantitative estimate of drug-likeness (QED) is 0.563. The molecule has 0 saturated carbocycles. The summed E-state index contributed by atoms with van der Waals surface area (Å²) in [6.45, 7) is 0. The first-order valence-corrected chi connectivity index (χ1v) is 8.97. The number of nitrogens with zero attached hydrogens (tertiary/aromatic N) is 3. The molecule has 0 unspecified atom stereocenters. The van der Waals surface area contributed by atoms with E-state index in [1.54, 1.807) is 16.9 Å². The second-order valence-electron chi connectivity index (χ2n) is 6.47. The Labute approximate surface area is 161 Å². The van der Waals surface area contributed by atoms with Gasteiger partial charge in [-0.3, -0.25) is 14.3 Å². The number of anilines is 1. The second kappa shape index (κ2) is 7.48. The van der Waals surface area contributed by atoms with Crippen molar-refractivity contribution in [3.05, 3.63) is 76.8 Å². The van der Waals surface area contributed by atoms with Gasteiger partial charge >= 0.3 is 0 Å². The maximum atomic E-state index is 12.5. The van der Waals surface area contributed by atoms with Crippen LogP contribution in [-0.2, 0) is 18.3 Å². The number of rotatable bonds is 5. The van der Waals surface area contributed by atoms with Gasteiger partial charge in [-0.25, -0.2) is 4.98 Å². The molecule has 140 valence electrons. The molecule has 0 aliphatic heterocycles. The van der Waals surface area contributed by atoms with Crippen LogP contribution in [0, 0.1) is 0 Å². The standard InChI is InChI=1S/C21H19N5O2/c1-26-20(14-7-3-2-4-8-14)18(13-22-26)24-19(27)12-11-17-21(28)25-16-10-6-5-9-15(16)23-17/h2-10,13H,11-12H2,1H3,(H,24,27)(H,25,28). The highest BCUT2D eigenvalue weighted by Gasteiger charge is 2.14. The molecular weight excluding hydrogens is 354 g/mol. The van der Waals surface area contributed by atoms with Crippen LogP contribution in [0.1, 0.15) is 12.1 Å². The lowest BCUT2D eigenvalue weighted by atomic mass is 10.1. The number of aromatic nitrogens is 4. The lowest BCUT2D eigenvalue weighted by molar-refractivity contribution is -0.116. The molecule has 4 aromatic rings. The van der Waals surface area contributed by atoms with Crippen LogP contribution in [0.2, 0.25) is 0 Å². The number of aromatic amines is 1. The fourth-order valence-electron chi connectivity index (χ4n) is 3.15. The van der Waals surface area contributed by atoms with Gasteiger partial charge in [0.15, 0.2) is 0 Å². The van der Waals surface area contributed by atoms with Crippen LogP contribution in [0.3, 0.4) is 0 Å². The maximum Gasteiger partial charge on any atom is 0.270 e. The number of carbonyl (C=O) groups excluding carboxylic acids is 1. The summed E-state index contributed by atoms with van der Waals surface area (Å²) >= 11 is 0. The lowest BCUT2D eigenvalue weighted by Gasteiger charge is -2.08. The molecule has 1 amide bonds. The second-order valence-corrected chi connectivity index (χ2v) is 6.47. The van der Waals surface area contributed by atoms with Crippen molar-refractivity contribution < 1.29 is 4.79 Å². The molecule has 0 atom stereocenters. The summed E-state index contributed by atoms with van der Waals surface area (Å²) in [7, 11) is 1.83. The van der Waals surface area contributed by atoms with Crippen LogP contribution >= 0.6 is 0 Å². The molecule has 28 heavy (non-hydrogen) atoms. The van der Waals surface area contributed by atoms with Gasteiger partial charge in [0.25, 0.3) is 5.56 Å². The van der Waals surface area contributed by atoms with Crippen LogP contribution in [0.25, 0.3) is 22.3 Å². The molecular formula is C21H19N5O2. The van der Waals surface area contributed by atoms with E-state index in [1.807, 2.05) is 55.6 Å². The third kappa shape index (κ3) is 3.55. The molecule has 4 rings (SSSR count). The fourth-order valence-corrected chi connectivity index (χ4v) is 3.15. The van der Waals surface area contributed by atoms with E-state index >= 15 is 0 Å². The Bertz CT molecular complexity index is 1190. The van der Waals surface area contributed by atoms with Crippen molar-refractivity contribution in [2.24, 2.45) is 7.05 Å². The molecule has 7 nitrogen and oxygen atoms in total. The van der Waals surface area contributed by atoms with Crippen molar-refractivity contribution >= 4 is 22.6 Å². The van der Waals surface area contributed by atoms with Gasteiger partial charge in [0, 0.05) is 25.5 Å². The molecule has 0 aliphatic carbocycles. The van der Waals surface area contributed by atoms with Gasteiger partial charge in [-0.2, -0.15) is 5.10 Å². The third-order valence-corrected chi connectivity index (χ3v) is 4.52. The van der Waals surface area contributed by atoms with Gasteiger partial charge in [0.2, 0.25) is 5.91 Å². The number of hydrogen-bond acceptors (Lipinski definition) is 4. The Morgan fingerprint density at radius 1 is 1.11 bits per heavy atom. The molecule has 7 heteroatoms. The first kappa shape index (κ1) is 17.7. The zero-order valence-corrected chi connectivity index (χ0v) is 15.3. The van der Waals surface area contributed by atoms with E-state index in [9.17, 15) is 9.59 Å². The van der Waals surface area contributed by atoms with Gasteiger partial charge in [0.1, 0.15) is 5.69 Å². The van der Waals surface area contributed by atoms with Crippen molar-refractivity contribution in [1.82, 2.24) is 19.7 Å². The summed E-state index contributed by atoms with van der Waals surface area (Å²) in [6.07, 6.45) is 2.03. The topological polar surface area (TPSA) is 92.7 Å². The van der Waals surface area contributed by atoms with Crippen LogP contribution in [0.4, 0.5) is 5.69 Å². The van der Waals surface area contributed by atoms with Gasteiger partial charge in [-0.1, -0.05) is 42.5 Å². The summed E-state index contributed by atoms with van der Waals surface area (Å²) in [6, 6.07) is 17.1. The largest absolute Gasteiger partial charge is 0.323 e. The number of aryl methyl sites for hydroxylation is 2. The highest BCUT2D eigenvalue weighted by atomic mass is 16.1. The average molecular weight is 373 g/mol. The van der Waals surface area contributed by atoms with E-state index in [-0.39, 0.29) is 24.3 Å². The summed E-state index contributed by atoms with van der Waals surface area (Å²) in [5.41, 5.74) is 3.90. The molecule has 2 heterocycles. The van der Waals surface area contributed by atoms with Crippen LogP contribution in [0.5, 0.6) is 0 Å². The highest BCUT2D eigenvalue weighted by molar-refractivity contribution is 5.94. The number of fused-ring (bicyclic) bond motifs is 1. The zero-order valence-electron chi connectivity index (χ0n) is 15.3. The Morgan fingerprint density at radius 3 is 2.68 bits per heavy atom. The number of nitrogens with one attached hydrogen (secondary N) is 2. The summed E-state index contributed by atoms with van der Waals surface area (Å²) in [4.78, 5) is 31.8. The fraction of sp³-hybridized carbons (Fsp3) is 0.143. The minimum atomic E-state index is -0.266.